The zero-order valence-corrected chi connectivity index (χ0v) is 17.4. The molecule has 0 spiro atoms. The average Bonchev–Trinajstić information content (AvgIpc) is 2.48. The summed E-state index contributed by atoms with van der Waals surface area (Å²) in [4.78, 5) is 42.4. The van der Waals surface area contributed by atoms with Gasteiger partial charge in [0.1, 0.15) is 8.25 Å². The monoisotopic (exact) mass is 468 g/mol. The van der Waals surface area contributed by atoms with Crippen molar-refractivity contribution in [3.05, 3.63) is 60.7 Å². The smallest absolute Gasteiger partial charge is 0.854 e. The quantitative estimate of drug-likeness (QED) is 0.605. The summed E-state index contributed by atoms with van der Waals surface area (Å²) in [5.74, 6) is 0. The summed E-state index contributed by atoms with van der Waals surface area (Å²) >= 11 is 0. The molecule has 8 nitrogen and oxygen atoms in total. The van der Waals surface area contributed by atoms with Gasteiger partial charge >= 0.3 is 34.5 Å². The van der Waals surface area contributed by atoms with Crippen LogP contribution in [0.3, 0.4) is 0 Å². The van der Waals surface area contributed by atoms with Crippen molar-refractivity contribution in [3.8, 4) is 11.1 Å². The van der Waals surface area contributed by atoms with Crippen molar-refractivity contribution in [3.63, 3.8) is 0 Å². The Balaban J connectivity index is 0. The largest absolute Gasteiger partial charge is 4.00 e. The molecule has 2 atom stereocenters. The standard InChI is InChI=1S/C12H10.H4O5P2.O3P.Zr/c1-3-7-11(8-4-1)12-9-5-2-6-10-12;1-6(2)5-7(3)4;1-4(2)3;/h1-10H;6-7H,(H,1,2)(H,3,4);;/q;;-3;+4/p-1. The maximum Gasteiger partial charge on any atom is 4.00 e. The van der Waals surface area contributed by atoms with Gasteiger partial charge in [0.2, 0.25) is 0 Å². The van der Waals surface area contributed by atoms with Crippen molar-refractivity contribution >= 4 is 25.1 Å². The molecule has 0 aromatic heterocycles. The van der Waals surface area contributed by atoms with Crippen LogP contribution in [-0.4, -0.2) is 4.89 Å². The molecule has 0 saturated carbocycles. The third-order valence-electron chi connectivity index (χ3n) is 2.05. The van der Waals surface area contributed by atoms with Gasteiger partial charge in [-0.1, -0.05) is 60.7 Å². The molecular formula is C12H13O8P3Zr. The topological polar surface area (TPSA) is 156 Å². The van der Waals surface area contributed by atoms with Gasteiger partial charge in [0.15, 0.2) is 0 Å². The van der Waals surface area contributed by atoms with Gasteiger partial charge in [-0.2, -0.15) is 0 Å². The van der Waals surface area contributed by atoms with Gasteiger partial charge in [-0.05, 0) is 11.1 Å². The molecule has 0 amide bonds. The summed E-state index contributed by atoms with van der Waals surface area (Å²) in [6.07, 6.45) is 0. The normalized spacial score (nSPS) is 11.8. The number of benzene rings is 2. The zero-order chi connectivity index (χ0) is 17.7. The summed E-state index contributed by atoms with van der Waals surface area (Å²) in [5.41, 5.74) is 2.55. The van der Waals surface area contributed by atoms with Crippen molar-refractivity contribution in [2.75, 3.05) is 0 Å². The Bertz CT molecular complexity index is 533. The zero-order valence-electron chi connectivity index (χ0n) is 12.0. The van der Waals surface area contributed by atoms with E-state index in [2.05, 4.69) is 52.8 Å². The minimum atomic E-state index is -3.45. The third-order valence-corrected chi connectivity index (χ3v) is 3.42. The summed E-state index contributed by atoms with van der Waals surface area (Å²) in [5, 5.41) is 0. The Morgan fingerprint density at radius 2 is 1.12 bits per heavy atom. The average molecular weight is 469 g/mol. The Morgan fingerprint density at radius 3 is 1.29 bits per heavy atom. The molecule has 0 heterocycles. The van der Waals surface area contributed by atoms with E-state index >= 15 is 0 Å². The molecule has 128 valence electrons. The SMILES string of the molecule is O=[PH]([O-])O[PH](=O)O.[O-]P([O-])[O-].[Zr+4].c1ccc(-c2ccccc2)cc1. The predicted molar refractivity (Wildman–Crippen MR) is 80.1 cm³/mol. The number of hydrogen-bond donors (Lipinski definition) is 1. The Labute approximate surface area is 160 Å². The molecule has 0 aliphatic heterocycles. The fourth-order valence-electron chi connectivity index (χ4n) is 1.33. The molecule has 0 radical (unpaired) electrons. The van der Waals surface area contributed by atoms with Crippen LogP contribution >= 0.6 is 25.1 Å². The molecule has 0 bridgehead atoms. The van der Waals surface area contributed by atoms with Crippen LogP contribution in [0.2, 0.25) is 0 Å². The molecule has 2 aromatic rings. The second kappa shape index (κ2) is 16.4. The van der Waals surface area contributed by atoms with Crippen LogP contribution in [-0.2, 0) is 39.6 Å². The van der Waals surface area contributed by atoms with Gasteiger partial charge in [0.05, 0.1) is 0 Å². The van der Waals surface area contributed by atoms with E-state index < -0.39 is 25.1 Å². The summed E-state index contributed by atoms with van der Waals surface area (Å²) in [7, 11) is -10.1. The van der Waals surface area contributed by atoms with E-state index in [1.165, 1.54) is 11.1 Å². The molecule has 24 heavy (non-hydrogen) atoms. The number of rotatable bonds is 3. The van der Waals surface area contributed by atoms with Crippen LogP contribution in [0.5, 0.6) is 0 Å². The van der Waals surface area contributed by atoms with Crippen molar-refractivity contribution in [1.29, 1.82) is 0 Å². The first-order chi connectivity index (χ1) is 10.8. The van der Waals surface area contributed by atoms with E-state index in [1.807, 2.05) is 12.1 Å². The van der Waals surface area contributed by atoms with E-state index in [0.717, 1.165) is 0 Å². The maximum atomic E-state index is 9.40. The number of hydrogen-bond acceptors (Lipinski definition) is 7. The molecule has 0 aliphatic carbocycles. The second-order valence-electron chi connectivity index (χ2n) is 3.57. The van der Waals surface area contributed by atoms with E-state index in [4.69, 9.17) is 19.6 Å². The van der Waals surface area contributed by atoms with Crippen molar-refractivity contribution < 1.29 is 64.1 Å². The van der Waals surface area contributed by atoms with Gasteiger partial charge in [0.25, 0.3) is 0 Å². The van der Waals surface area contributed by atoms with E-state index in [-0.39, 0.29) is 26.2 Å². The van der Waals surface area contributed by atoms with Gasteiger partial charge in [0, 0.05) is 0 Å². The van der Waals surface area contributed by atoms with Crippen molar-refractivity contribution in [1.82, 2.24) is 0 Å². The molecule has 2 unspecified atom stereocenters. The first kappa shape index (κ1) is 26.2. The molecule has 0 aliphatic rings. The van der Waals surface area contributed by atoms with E-state index in [1.54, 1.807) is 0 Å². The molecule has 1 N–H and O–H groups in total. The molecule has 0 fully saturated rings. The predicted octanol–water partition coefficient (Wildman–Crippen LogP) is -0.220. The first-order valence-electron chi connectivity index (χ1n) is 5.86. The van der Waals surface area contributed by atoms with Crippen LogP contribution in [0.4, 0.5) is 0 Å². The molecule has 2 aromatic carbocycles. The third kappa shape index (κ3) is 16.8. The summed E-state index contributed by atoms with van der Waals surface area (Å²) in [6, 6.07) is 20.8. The Kier molecular flexibility index (Phi) is 18.0. The van der Waals surface area contributed by atoms with Gasteiger partial charge in [-0.25, -0.2) is 0 Å². The minimum absolute atomic E-state index is 0. The molecule has 0 saturated heterocycles. The molecular weight excluding hydrogens is 456 g/mol. The van der Waals surface area contributed by atoms with Crippen LogP contribution in [0.1, 0.15) is 0 Å². The van der Waals surface area contributed by atoms with Crippen molar-refractivity contribution in [2.24, 2.45) is 0 Å². The van der Waals surface area contributed by atoms with Crippen LogP contribution < -0.4 is 19.6 Å². The first-order valence-corrected chi connectivity index (χ1v) is 9.45. The molecule has 12 heteroatoms. The maximum absolute atomic E-state index is 9.40. The van der Waals surface area contributed by atoms with Gasteiger partial charge in [-0.15, -0.1) is 0 Å². The Hall–Kier alpha value is -0.0269. The molecule has 2 rings (SSSR count). The summed E-state index contributed by atoms with van der Waals surface area (Å²) in [6.45, 7) is 0. The fourth-order valence-corrected chi connectivity index (χ4v) is 1.90. The summed E-state index contributed by atoms with van der Waals surface area (Å²) < 4.78 is 22.1. The van der Waals surface area contributed by atoms with Crippen LogP contribution in [0, 0.1) is 0 Å². The van der Waals surface area contributed by atoms with E-state index in [9.17, 15) is 14.0 Å². The van der Waals surface area contributed by atoms with E-state index in [0.29, 0.717) is 0 Å². The second-order valence-corrected chi connectivity index (χ2v) is 5.87. The minimum Gasteiger partial charge on any atom is -0.854 e. The van der Waals surface area contributed by atoms with Crippen LogP contribution in [0.15, 0.2) is 60.7 Å². The fraction of sp³-hybridized carbons (Fsp3) is 0. The van der Waals surface area contributed by atoms with Gasteiger partial charge in [-0.3, -0.25) is 8.88 Å². The van der Waals surface area contributed by atoms with Crippen molar-refractivity contribution in [2.45, 2.75) is 0 Å². The Morgan fingerprint density at radius 1 is 0.833 bits per heavy atom. The van der Waals surface area contributed by atoms with Gasteiger partial charge < -0.3 is 37.6 Å². The van der Waals surface area contributed by atoms with Crippen LogP contribution in [0.25, 0.3) is 11.1 Å².